The fourth-order valence-electron chi connectivity index (χ4n) is 4.27. The molecule has 2 fully saturated rings. The molecule has 0 radical (unpaired) electrons. The topological polar surface area (TPSA) is 63.5 Å². The van der Waals surface area contributed by atoms with E-state index < -0.39 is 0 Å². The summed E-state index contributed by atoms with van der Waals surface area (Å²) in [7, 11) is 1.71. The number of likely N-dealkylation sites (tertiary alicyclic amines) is 2. The van der Waals surface area contributed by atoms with Crippen molar-refractivity contribution in [3.8, 4) is 5.75 Å². The van der Waals surface area contributed by atoms with Crippen molar-refractivity contribution in [3.05, 3.63) is 41.2 Å². The summed E-state index contributed by atoms with van der Waals surface area (Å²) in [5.41, 5.74) is 2.97. The lowest BCUT2D eigenvalue weighted by Gasteiger charge is -2.31. The molecule has 1 amide bonds. The molecular formula is C21H29N5O2. The SMILES string of the molecule is COc1ccc(CN2CCC(n3cc(C(=O)N4CCCC4)nn3)CC2)cc1C. The zero-order valence-electron chi connectivity index (χ0n) is 16.8. The lowest BCUT2D eigenvalue weighted by atomic mass is 10.0. The monoisotopic (exact) mass is 383 g/mol. The summed E-state index contributed by atoms with van der Waals surface area (Å²) in [5, 5.41) is 8.40. The zero-order chi connectivity index (χ0) is 19.5. The first-order valence-electron chi connectivity index (χ1n) is 10.2. The number of ether oxygens (including phenoxy) is 1. The van der Waals surface area contributed by atoms with Gasteiger partial charge in [0.1, 0.15) is 5.75 Å². The molecule has 3 heterocycles. The van der Waals surface area contributed by atoms with Crippen molar-refractivity contribution in [1.82, 2.24) is 24.8 Å². The molecule has 1 aromatic carbocycles. The highest BCUT2D eigenvalue weighted by Crippen LogP contribution is 2.25. The third-order valence-electron chi connectivity index (χ3n) is 5.92. The Morgan fingerprint density at radius 2 is 1.93 bits per heavy atom. The summed E-state index contributed by atoms with van der Waals surface area (Å²) < 4.78 is 7.25. The van der Waals surface area contributed by atoms with Gasteiger partial charge in [-0.15, -0.1) is 5.10 Å². The molecule has 0 bridgehead atoms. The van der Waals surface area contributed by atoms with E-state index in [0.717, 1.165) is 64.2 Å². The largest absolute Gasteiger partial charge is 0.496 e. The molecule has 0 N–H and O–H groups in total. The van der Waals surface area contributed by atoms with Gasteiger partial charge in [-0.1, -0.05) is 17.3 Å². The van der Waals surface area contributed by atoms with Gasteiger partial charge >= 0.3 is 0 Å². The van der Waals surface area contributed by atoms with E-state index in [4.69, 9.17) is 4.74 Å². The number of rotatable bonds is 5. The standard InChI is InChI=1S/C21H29N5O2/c1-16-13-17(5-6-20(16)28-2)14-24-11-7-18(8-12-24)26-15-19(22-23-26)21(27)25-9-3-4-10-25/h5-6,13,15,18H,3-4,7-12,14H2,1-2H3. The van der Waals surface area contributed by atoms with Crippen LogP contribution in [0.3, 0.4) is 0 Å². The number of methoxy groups -OCH3 is 1. The summed E-state index contributed by atoms with van der Waals surface area (Å²) in [6.45, 7) is 6.76. The van der Waals surface area contributed by atoms with Gasteiger partial charge in [0.2, 0.25) is 0 Å². The Bertz CT molecular complexity index is 820. The highest BCUT2D eigenvalue weighted by Gasteiger charge is 2.25. The molecule has 7 heteroatoms. The number of aryl methyl sites for hydroxylation is 1. The van der Waals surface area contributed by atoms with Crippen molar-refractivity contribution in [1.29, 1.82) is 0 Å². The van der Waals surface area contributed by atoms with Gasteiger partial charge in [0, 0.05) is 32.7 Å². The van der Waals surface area contributed by atoms with Crippen molar-refractivity contribution in [3.63, 3.8) is 0 Å². The van der Waals surface area contributed by atoms with Crippen molar-refractivity contribution >= 4 is 5.91 Å². The van der Waals surface area contributed by atoms with E-state index in [-0.39, 0.29) is 5.91 Å². The molecule has 0 atom stereocenters. The van der Waals surface area contributed by atoms with Crippen molar-refractivity contribution in [2.75, 3.05) is 33.3 Å². The van der Waals surface area contributed by atoms with Gasteiger partial charge in [0.25, 0.3) is 5.91 Å². The molecule has 2 aromatic rings. The first-order valence-corrected chi connectivity index (χ1v) is 10.2. The summed E-state index contributed by atoms with van der Waals surface area (Å²) in [5.74, 6) is 0.962. The number of hydrogen-bond donors (Lipinski definition) is 0. The van der Waals surface area contributed by atoms with Crippen molar-refractivity contribution in [2.24, 2.45) is 0 Å². The number of aromatic nitrogens is 3. The van der Waals surface area contributed by atoms with E-state index >= 15 is 0 Å². The molecule has 150 valence electrons. The normalized spacial score (nSPS) is 18.6. The molecule has 0 saturated carbocycles. The van der Waals surface area contributed by atoms with Crippen LogP contribution in [0.5, 0.6) is 5.75 Å². The molecule has 2 saturated heterocycles. The molecule has 0 unspecified atom stereocenters. The number of hydrogen-bond acceptors (Lipinski definition) is 5. The fourth-order valence-corrected chi connectivity index (χ4v) is 4.27. The van der Waals surface area contributed by atoms with E-state index in [1.807, 2.05) is 21.8 Å². The fraction of sp³-hybridized carbons (Fsp3) is 0.571. The molecule has 4 rings (SSSR count). The number of carbonyl (C=O) groups excluding carboxylic acids is 1. The highest BCUT2D eigenvalue weighted by atomic mass is 16.5. The average Bonchev–Trinajstić information content (AvgIpc) is 3.41. The second kappa shape index (κ2) is 8.31. The number of piperidine rings is 1. The number of nitrogens with zero attached hydrogens (tertiary/aromatic N) is 5. The maximum atomic E-state index is 12.5. The van der Waals surface area contributed by atoms with Crippen LogP contribution < -0.4 is 4.74 Å². The predicted octanol–water partition coefficient (Wildman–Crippen LogP) is 2.67. The van der Waals surface area contributed by atoms with E-state index in [0.29, 0.717) is 11.7 Å². The van der Waals surface area contributed by atoms with Crippen molar-refractivity contribution in [2.45, 2.75) is 45.2 Å². The second-order valence-corrected chi connectivity index (χ2v) is 7.89. The summed E-state index contributed by atoms with van der Waals surface area (Å²) >= 11 is 0. The minimum absolute atomic E-state index is 0.0241. The molecule has 1 aromatic heterocycles. The van der Waals surface area contributed by atoms with E-state index in [9.17, 15) is 4.79 Å². The highest BCUT2D eigenvalue weighted by molar-refractivity contribution is 5.92. The smallest absolute Gasteiger partial charge is 0.276 e. The Morgan fingerprint density at radius 1 is 1.18 bits per heavy atom. The zero-order valence-corrected chi connectivity index (χ0v) is 16.8. The van der Waals surface area contributed by atoms with Gasteiger partial charge in [-0.25, -0.2) is 4.68 Å². The summed E-state index contributed by atoms with van der Waals surface area (Å²) in [6, 6.07) is 6.72. The lowest BCUT2D eigenvalue weighted by molar-refractivity contribution is 0.0787. The first kappa shape index (κ1) is 18.9. The molecule has 7 nitrogen and oxygen atoms in total. The Balaban J connectivity index is 1.32. The van der Waals surface area contributed by atoms with Crippen LogP contribution in [-0.4, -0.2) is 64.0 Å². The average molecular weight is 383 g/mol. The Labute approximate surface area is 166 Å². The Morgan fingerprint density at radius 3 is 2.61 bits per heavy atom. The molecular weight excluding hydrogens is 354 g/mol. The minimum atomic E-state index is 0.0241. The van der Waals surface area contributed by atoms with Crippen LogP contribution in [0, 0.1) is 6.92 Å². The van der Waals surface area contributed by atoms with E-state index in [2.05, 4.69) is 34.3 Å². The van der Waals surface area contributed by atoms with Gasteiger partial charge in [0.05, 0.1) is 19.3 Å². The third-order valence-corrected chi connectivity index (χ3v) is 5.92. The van der Waals surface area contributed by atoms with E-state index in [1.54, 1.807) is 7.11 Å². The second-order valence-electron chi connectivity index (χ2n) is 7.89. The molecule has 0 aliphatic carbocycles. The van der Waals surface area contributed by atoms with Crippen LogP contribution >= 0.6 is 0 Å². The van der Waals surface area contributed by atoms with Crippen LogP contribution in [0.2, 0.25) is 0 Å². The van der Waals surface area contributed by atoms with E-state index in [1.165, 1.54) is 11.1 Å². The maximum absolute atomic E-state index is 12.5. The number of amides is 1. The van der Waals surface area contributed by atoms with Gasteiger partial charge in [-0.2, -0.15) is 0 Å². The maximum Gasteiger partial charge on any atom is 0.276 e. The number of benzene rings is 1. The summed E-state index contributed by atoms with van der Waals surface area (Å²) in [6.07, 6.45) is 6.07. The quantitative estimate of drug-likeness (QED) is 0.794. The van der Waals surface area contributed by atoms with Crippen LogP contribution in [0.4, 0.5) is 0 Å². The molecule has 28 heavy (non-hydrogen) atoms. The predicted molar refractivity (Wildman–Crippen MR) is 106 cm³/mol. The Kier molecular flexibility index (Phi) is 5.62. The van der Waals surface area contributed by atoms with Crippen LogP contribution in [-0.2, 0) is 6.54 Å². The lowest BCUT2D eigenvalue weighted by Crippen LogP contribution is -2.34. The first-order chi connectivity index (χ1) is 13.6. The third kappa shape index (κ3) is 4.04. The van der Waals surface area contributed by atoms with Crippen molar-refractivity contribution < 1.29 is 9.53 Å². The molecule has 2 aliphatic rings. The number of carbonyl (C=O) groups is 1. The minimum Gasteiger partial charge on any atom is -0.496 e. The van der Waals surface area contributed by atoms with Crippen LogP contribution in [0.1, 0.15) is 53.3 Å². The van der Waals surface area contributed by atoms with Gasteiger partial charge in [-0.3, -0.25) is 9.69 Å². The molecule has 0 spiro atoms. The van der Waals surface area contributed by atoms with Gasteiger partial charge in [-0.05, 0) is 49.8 Å². The van der Waals surface area contributed by atoms with Crippen LogP contribution in [0.15, 0.2) is 24.4 Å². The van der Waals surface area contributed by atoms with Gasteiger partial charge in [0.15, 0.2) is 5.69 Å². The molecule has 2 aliphatic heterocycles. The Hall–Kier alpha value is -2.41. The summed E-state index contributed by atoms with van der Waals surface area (Å²) in [4.78, 5) is 16.8. The van der Waals surface area contributed by atoms with Crippen LogP contribution in [0.25, 0.3) is 0 Å². The van der Waals surface area contributed by atoms with Gasteiger partial charge < -0.3 is 9.64 Å².